The van der Waals surface area contributed by atoms with Gasteiger partial charge < -0.3 is 0 Å². The number of benzene rings is 1. The third-order valence-electron chi connectivity index (χ3n) is 2.31. The largest absolute Gasteiger partial charge is 0.214 e. The third-order valence-corrected chi connectivity index (χ3v) is 4.73. The molecule has 1 rings (SSSR count). The highest BCUT2D eigenvalue weighted by Crippen LogP contribution is 2.19. The number of hydrogen-bond acceptors (Lipinski definition) is 2. The van der Waals surface area contributed by atoms with Crippen molar-refractivity contribution >= 4 is 26.0 Å². The molecule has 0 aliphatic heterocycles. The minimum atomic E-state index is -3.22. The highest BCUT2D eigenvalue weighted by atomic mass is 79.9. The van der Waals surface area contributed by atoms with Crippen LogP contribution in [0, 0.1) is 0 Å². The summed E-state index contributed by atoms with van der Waals surface area (Å²) >= 11 is 3.36. The van der Waals surface area contributed by atoms with Crippen LogP contribution in [0.2, 0.25) is 0 Å². The van der Waals surface area contributed by atoms with Crippen LogP contribution in [-0.2, 0) is 10.0 Å². The monoisotopic (exact) mass is 305 g/mol. The maximum Gasteiger partial charge on any atom is 0.214 e. The average molecular weight is 306 g/mol. The van der Waals surface area contributed by atoms with Gasteiger partial charge in [-0.1, -0.05) is 28.1 Å². The van der Waals surface area contributed by atoms with Gasteiger partial charge in [-0.2, -0.15) is 0 Å². The van der Waals surface area contributed by atoms with E-state index in [1.54, 1.807) is 13.8 Å². The van der Waals surface area contributed by atoms with Gasteiger partial charge in [0.2, 0.25) is 10.0 Å². The molecule has 1 aromatic carbocycles. The van der Waals surface area contributed by atoms with E-state index in [0.29, 0.717) is 0 Å². The minimum Gasteiger partial charge on any atom is -0.212 e. The topological polar surface area (TPSA) is 46.2 Å². The second kappa shape index (κ2) is 5.29. The molecule has 0 amide bonds. The van der Waals surface area contributed by atoms with Crippen LogP contribution in [0.5, 0.6) is 0 Å². The maximum atomic E-state index is 11.7. The van der Waals surface area contributed by atoms with Crippen LogP contribution in [0.15, 0.2) is 28.7 Å². The summed E-state index contributed by atoms with van der Waals surface area (Å²) in [5.74, 6) is 0. The summed E-state index contributed by atoms with van der Waals surface area (Å²) in [4.78, 5) is 0. The first kappa shape index (κ1) is 13.7. The summed E-state index contributed by atoms with van der Waals surface area (Å²) in [6.45, 7) is 5.16. The van der Waals surface area contributed by atoms with Crippen LogP contribution in [-0.4, -0.2) is 13.7 Å². The van der Waals surface area contributed by atoms with Crippen LogP contribution >= 0.6 is 15.9 Å². The van der Waals surface area contributed by atoms with Gasteiger partial charge in [-0.3, -0.25) is 0 Å². The second-order valence-electron chi connectivity index (χ2n) is 3.99. The molecular formula is C11H16BrNO2S. The number of rotatable bonds is 4. The Bertz CT molecular complexity index is 457. The minimum absolute atomic E-state index is 0.218. The first-order valence-corrected chi connectivity index (χ1v) is 7.43. The molecule has 16 heavy (non-hydrogen) atoms. The zero-order valence-electron chi connectivity index (χ0n) is 9.57. The van der Waals surface area contributed by atoms with E-state index >= 15 is 0 Å². The van der Waals surface area contributed by atoms with Gasteiger partial charge in [0.05, 0.1) is 5.25 Å². The summed E-state index contributed by atoms with van der Waals surface area (Å²) < 4.78 is 26.9. The van der Waals surface area contributed by atoms with Crippen molar-refractivity contribution in [3.63, 3.8) is 0 Å². The van der Waals surface area contributed by atoms with Crippen molar-refractivity contribution in [1.82, 2.24) is 4.72 Å². The predicted molar refractivity (Wildman–Crippen MR) is 69.7 cm³/mol. The lowest BCUT2D eigenvalue weighted by Gasteiger charge is -2.16. The van der Waals surface area contributed by atoms with E-state index in [1.807, 2.05) is 31.2 Å². The van der Waals surface area contributed by atoms with E-state index in [4.69, 9.17) is 0 Å². The molecule has 0 saturated carbocycles. The standard InChI is InChI=1S/C11H16BrNO2S/c1-8(2)16(14,15)13-9(3)10-5-4-6-11(12)7-10/h4-9,13H,1-3H3. The van der Waals surface area contributed by atoms with Crippen LogP contribution in [0.3, 0.4) is 0 Å². The summed E-state index contributed by atoms with van der Waals surface area (Å²) in [5.41, 5.74) is 0.943. The van der Waals surface area contributed by atoms with E-state index in [-0.39, 0.29) is 6.04 Å². The molecule has 90 valence electrons. The maximum absolute atomic E-state index is 11.7. The molecule has 1 aromatic rings. The van der Waals surface area contributed by atoms with E-state index in [1.165, 1.54) is 0 Å². The van der Waals surface area contributed by atoms with E-state index in [0.717, 1.165) is 10.0 Å². The van der Waals surface area contributed by atoms with Crippen molar-refractivity contribution in [3.8, 4) is 0 Å². The van der Waals surface area contributed by atoms with Crippen molar-refractivity contribution in [1.29, 1.82) is 0 Å². The van der Waals surface area contributed by atoms with Crippen molar-refractivity contribution in [3.05, 3.63) is 34.3 Å². The van der Waals surface area contributed by atoms with Crippen LogP contribution < -0.4 is 4.72 Å². The number of halogens is 1. The molecular weight excluding hydrogens is 290 g/mol. The van der Waals surface area contributed by atoms with Gasteiger partial charge >= 0.3 is 0 Å². The van der Waals surface area contributed by atoms with E-state index in [2.05, 4.69) is 20.7 Å². The summed E-state index contributed by atoms with van der Waals surface area (Å²) in [6.07, 6.45) is 0. The Balaban J connectivity index is 2.85. The lowest BCUT2D eigenvalue weighted by Crippen LogP contribution is -2.32. The Hall–Kier alpha value is -0.390. The lowest BCUT2D eigenvalue weighted by atomic mass is 10.1. The SMILES string of the molecule is CC(NS(=O)(=O)C(C)C)c1cccc(Br)c1. The quantitative estimate of drug-likeness (QED) is 0.930. The smallest absolute Gasteiger partial charge is 0.212 e. The van der Waals surface area contributed by atoms with E-state index < -0.39 is 15.3 Å². The fourth-order valence-electron chi connectivity index (χ4n) is 1.23. The number of nitrogens with one attached hydrogen (secondary N) is 1. The molecule has 0 aliphatic carbocycles. The average Bonchev–Trinajstić information content (AvgIpc) is 2.16. The number of hydrogen-bond donors (Lipinski definition) is 1. The predicted octanol–water partition coefficient (Wildman–Crippen LogP) is 2.84. The van der Waals surface area contributed by atoms with Gasteiger partial charge in [-0.15, -0.1) is 0 Å². The van der Waals surface area contributed by atoms with Crippen molar-refractivity contribution < 1.29 is 8.42 Å². The van der Waals surface area contributed by atoms with Gasteiger partial charge in [0.25, 0.3) is 0 Å². The Labute approximate surface area is 105 Å². The van der Waals surface area contributed by atoms with E-state index in [9.17, 15) is 8.42 Å². The molecule has 0 fully saturated rings. The molecule has 0 bridgehead atoms. The van der Waals surface area contributed by atoms with Crippen molar-refractivity contribution in [2.24, 2.45) is 0 Å². The number of sulfonamides is 1. The fourth-order valence-corrected chi connectivity index (χ4v) is 2.54. The van der Waals surface area contributed by atoms with Crippen LogP contribution in [0.1, 0.15) is 32.4 Å². The Morgan fingerprint density at radius 2 is 1.88 bits per heavy atom. The molecule has 1 unspecified atom stereocenters. The van der Waals surface area contributed by atoms with Crippen molar-refractivity contribution in [2.45, 2.75) is 32.1 Å². The third kappa shape index (κ3) is 3.57. The molecule has 3 nitrogen and oxygen atoms in total. The van der Waals surface area contributed by atoms with Crippen LogP contribution in [0.25, 0.3) is 0 Å². The highest BCUT2D eigenvalue weighted by molar-refractivity contribution is 9.10. The molecule has 0 aliphatic rings. The molecule has 1 N–H and O–H groups in total. The van der Waals surface area contributed by atoms with Gasteiger partial charge in [-0.05, 0) is 38.5 Å². The Morgan fingerprint density at radius 3 is 2.38 bits per heavy atom. The lowest BCUT2D eigenvalue weighted by molar-refractivity contribution is 0.558. The normalized spacial score (nSPS) is 14.1. The molecule has 0 aromatic heterocycles. The van der Waals surface area contributed by atoms with Crippen LogP contribution in [0.4, 0.5) is 0 Å². The molecule has 0 heterocycles. The fraction of sp³-hybridized carbons (Fsp3) is 0.455. The Morgan fingerprint density at radius 1 is 1.25 bits per heavy atom. The summed E-state index contributed by atoms with van der Waals surface area (Å²) in [6, 6.07) is 7.39. The van der Waals surface area contributed by atoms with Gasteiger partial charge in [0, 0.05) is 10.5 Å². The molecule has 5 heteroatoms. The molecule has 0 radical (unpaired) electrons. The van der Waals surface area contributed by atoms with Gasteiger partial charge in [-0.25, -0.2) is 13.1 Å². The van der Waals surface area contributed by atoms with Gasteiger partial charge in [0.15, 0.2) is 0 Å². The Kier molecular flexibility index (Phi) is 4.52. The second-order valence-corrected chi connectivity index (χ2v) is 7.17. The summed E-state index contributed by atoms with van der Waals surface area (Å²) in [7, 11) is -3.22. The molecule has 1 atom stereocenters. The first-order chi connectivity index (χ1) is 7.33. The molecule has 0 spiro atoms. The molecule has 0 saturated heterocycles. The highest BCUT2D eigenvalue weighted by Gasteiger charge is 2.19. The van der Waals surface area contributed by atoms with Crippen molar-refractivity contribution in [2.75, 3.05) is 0 Å². The first-order valence-electron chi connectivity index (χ1n) is 5.09. The zero-order chi connectivity index (χ0) is 12.3. The zero-order valence-corrected chi connectivity index (χ0v) is 12.0. The summed E-state index contributed by atoms with van der Waals surface area (Å²) in [5, 5.41) is -0.415. The van der Waals surface area contributed by atoms with Gasteiger partial charge in [0.1, 0.15) is 0 Å².